The van der Waals surface area contributed by atoms with Gasteiger partial charge in [0.05, 0.1) is 23.1 Å². The minimum Gasteiger partial charge on any atom is -0.455 e. The van der Waals surface area contributed by atoms with Crippen LogP contribution in [-0.2, 0) is 19.7 Å². The maximum Gasteiger partial charge on any atom is 0.311 e. The van der Waals surface area contributed by atoms with Crippen molar-refractivity contribution in [1.29, 1.82) is 0 Å². The number of nitrogens with zero attached hydrogens (tertiary/aromatic N) is 1. The molecule has 51 heavy (non-hydrogen) atoms. The van der Waals surface area contributed by atoms with Gasteiger partial charge in [-0.2, -0.15) is 0 Å². The molecule has 1 spiro atoms. The molecule has 268 valence electrons. The van der Waals surface area contributed by atoms with Crippen molar-refractivity contribution in [3.8, 4) is 0 Å². The van der Waals surface area contributed by atoms with E-state index in [0.29, 0.717) is 22.7 Å². The number of carbonyl (C=O) groups is 2. The summed E-state index contributed by atoms with van der Waals surface area (Å²) >= 11 is 13.0. The number of halogens is 3. The second kappa shape index (κ2) is 14.0. The molecule has 1 amide bonds. The third-order valence-electron chi connectivity index (χ3n) is 10.2. The van der Waals surface area contributed by atoms with Crippen molar-refractivity contribution in [2.45, 2.75) is 83.5 Å². The summed E-state index contributed by atoms with van der Waals surface area (Å²) in [7, 11) is 0. The monoisotopic (exact) mass is 730 g/mol. The standard InChI is InChI=1S/C42H45Cl2FN2O4/c1-40(2,3)23-33-42(29-21-20-27(43)22-31(29)46-38(42)49)34(28-18-13-19-30(44)35(28)45)32(24-48)47(33)36(25-14-9-7-10-15-25)37(26-16-11-8-12-17-26)51-39(50)41(4,5)6/h7-22,32-34,36-37,48H,23-24H2,1-6H3,(H,46,49)/t32-,33+,34-,36+,37-,42-/m0/s1. The molecule has 9 heteroatoms. The average molecular weight is 732 g/mol. The Morgan fingerprint density at radius 1 is 0.922 bits per heavy atom. The fraction of sp³-hybridized carbons (Fsp3) is 0.381. The number of aliphatic hydroxyl groups excluding tert-OH is 1. The Morgan fingerprint density at radius 3 is 2.14 bits per heavy atom. The molecule has 4 aromatic rings. The van der Waals surface area contributed by atoms with Crippen molar-refractivity contribution in [2.75, 3.05) is 11.9 Å². The number of rotatable bonds is 8. The van der Waals surface area contributed by atoms with E-state index in [1.807, 2.05) is 87.5 Å². The molecule has 2 heterocycles. The molecule has 0 aromatic heterocycles. The number of hydrogen-bond donors (Lipinski definition) is 2. The molecular weight excluding hydrogens is 686 g/mol. The highest BCUT2D eigenvalue weighted by atomic mass is 35.5. The van der Waals surface area contributed by atoms with Gasteiger partial charge in [0.2, 0.25) is 5.91 Å². The van der Waals surface area contributed by atoms with Gasteiger partial charge in [0.25, 0.3) is 0 Å². The van der Waals surface area contributed by atoms with E-state index in [2.05, 4.69) is 31.0 Å². The zero-order valence-corrected chi connectivity index (χ0v) is 31.3. The Balaban J connectivity index is 1.73. The minimum absolute atomic E-state index is 0.0826. The number of nitrogens with one attached hydrogen (secondary N) is 1. The average Bonchev–Trinajstić information content (AvgIpc) is 3.51. The number of hydrogen-bond acceptors (Lipinski definition) is 5. The predicted octanol–water partition coefficient (Wildman–Crippen LogP) is 9.66. The fourth-order valence-corrected chi connectivity index (χ4v) is 8.53. The number of benzene rings is 4. The Bertz CT molecular complexity index is 1910. The van der Waals surface area contributed by atoms with Gasteiger partial charge in [-0.25, -0.2) is 4.39 Å². The minimum atomic E-state index is -1.42. The number of fused-ring (bicyclic) bond motifs is 2. The van der Waals surface area contributed by atoms with E-state index in [1.54, 1.807) is 24.3 Å². The summed E-state index contributed by atoms with van der Waals surface area (Å²) in [6, 6.07) is 27.1. The number of anilines is 1. The van der Waals surface area contributed by atoms with Crippen LogP contribution in [0.25, 0.3) is 0 Å². The predicted molar refractivity (Wildman–Crippen MR) is 200 cm³/mol. The summed E-state index contributed by atoms with van der Waals surface area (Å²) < 4.78 is 23.1. The third kappa shape index (κ3) is 6.70. The van der Waals surface area contributed by atoms with Crippen molar-refractivity contribution in [3.63, 3.8) is 0 Å². The first kappa shape index (κ1) is 37.0. The van der Waals surface area contributed by atoms with Gasteiger partial charge < -0.3 is 15.2 Å². The van der Waals surface area contributed by atoms with E-state index in [-0.39, 0.29) is 21.9 Å². The molecule has 6 nitrogen and oxygen atoms in total. The molecule has 4 aromatic carbocycles. The number of esters is 1. The van der Waals surface area contributed by atoms with Crippen molar-refractivity contribution in [2.24, 2.45) is 10.8 Å². The summed E-state index contributed by atoms with van der Waals surface area (Å²) in [6.45, 7) is 11.3. The summed E-state index contributed by atoms with van der Waals surface area (Å²) in [5, 5.41) is 15.1. The van der Waals surface area contributed by atoms with E-state index in [9.17, 15) is 9.90 Å². The molecule has 0 bridgehead atoms. The zero-order valence-electron chi connectivity index (χ0n) is 29.8. The highest BCUT2D eigenvalue weighted by Crippen LogP contribution is 2.63. The van der Waals surface area contributed by atoms with Crippen LogP contribution in [0.4, 0.5) is 10.1 Å². The summed E-state index contributed by atoms with van der Waals surface area (Å²) in [6.07, 6.45) is -0.429. The van der Waals surface area contributed by atoms with E-state index < -0.39 is 59.4 Å². The smallest absolute Gasteiger partial charge is 0.311 e. The molecule has 0 aliphatic carbocycles. The first-order valence-electron chi connectivity index (χ1n) is 17.3. The van der Waals surface area contributed by atoms with Gasteiger partial charge in [-0.1, -0.05) is 123 Å². The number of aliphatic hydroxyl groups is 1. The Morgan fingerprint density at radius 2 is 1.55 bits per heavy atom. The second-order valence-electron chi connectivity index (χ2n) is 16.0. The molecule has 0 radical (unpaired) electrons. The molecule has 1 saturated heterocycles. The lowest BCUT2D eigenvalue weighted by Gasteiger charge is -2.45. The lowest BCUT2D eigenvalue weighted by atomic mass is 9.62. The SMILES string of the molecule is CC(C)(C)C[C@H]1N([C@H](c2ccccc2)[C@@H](OC(=O)C(C)(C)C)c2ccccc2)[C@@H](CO)[C@H](c2cccc(Cl)c2F)[C@@]12C(=O)Nc1cc(Cl)ccc12. The van der Waals surface area contributed by atoms with Gasteiger partial charge in [0, 0.05) is 28.7 Å². The number of amides is 1. The van der Waals surface area contributed by atoms with Crippen molar-refractivity contribution in [1.82, 2.24) is 4.90 Å². The number of likely N-dealkylation sites (tertiary alicyclic amines) is 1. The Kier molecular flexibility index (Phi) is 10.2. The maximum absolute atomic E-state index is 16.6. The molecule has 6 atom stereocenters. The van der Waals surface area contributed by atoms with Crippen LogP contribution in [0.2, 0.25) is 10.0 Å². The lowest BCUT2D eigenvalue weighted by Crippen LogP contribution is -2.52. The van der Waals surface area contributed by atoms with Crippen LogP contribution in [-0.4, -0.2) is 40.6 Å². The lowest BCUT2D eigenvalue weighted by molar-refractivity contribution is -0.165. The fourth-order valence-electron chi connectivity index (χ4n) is 8.18. The van der Waals surface area contributed by atoms with Crippen LogP contribution in [0, 0.1) is 16.6 Å². The van der Waals surface area contributed by atoms with Crippen LogP contribution in [0.1, 0.15) is 88.3 Å². The van der Waals surface area contributed by atoms with Gasteiger partial charge in [-0.15, -0.1) is 0 Å². The van der Waals surface area contributed by atoms with Crippen LogP contribution < -0.4 is 5.32 Å². The van der Waals surface area contributed by atoms with Gasteiger partial charge in [0.1, 0.15) is 17.3 Å². The first-order valence-corrected chi connectivity index (χ1v) is 18.1. The van der Waals surface area contributed by atoms with Gasteiger partial charge in [-0.3, -0.25) is 14.5 Å². The normalized spacial score (nSPS) is 23.2. The van der Waals surface area contributed by atoms with Crippen molar-refractivity contribution < 1.29 is 23.8 Å². The number of ether oxygens (including phenoxy) is 1. The topological polar surface area (TPSA) is 78.9 Å². The summed E-state index contributed by atoms with van der Waals surface area (Å²) in [4.78, 5) is 31.1. The summed E-state index contributed by atoms with van der Waals surface area (Å²) in [5.74, 6) is -2.30. The first-order chi connectivity index (χ1) is 24.1. The second-order valence-corrected chi connectivity index (χ2v) is 16.8. The van der Waals surface area contributed by atoms with Crippen molar-refractivity contribution >= 4 is 40.8 Å². The largest absolute Gasteiger partial charge is 0.455 e. The summed E-state index contributed by atoms with van der Waals surface area (Å²) in [5.41, 5.74) is 0.340. The zero-order chi connectivity index (χ0) is 36.9. The van der Waals surface area contributed by atoms with Crippen LogP contribution in [0.15, 0.2) is 97.1 Å². The third-order valence-corrected chi connectivity index (χ3v) is 10.8. The molecule has 0 saturated carbocycles. The van der Waals surface area contributed by atoms with Crippen LogP contribution in [0.5, 0.6) is 0 Å². The highest BCUT2D eigenvalue weighted by Gasteiger charge is 2.69. The van der Waals surface area contributed by atoms with E-state index >= 15 is 9.18 Å². The Labute approximate surface area is 309 Å². The molecule has 1 fully saturated rings. The molecule has 6 rings (SSSR count). The van der Waals surface area contributed by atoms with E-state index in [1.165, 1.54) is 6.07 Å². The van der Waals surface area contributed by atoms with Gasteiger partial charge in [-0.05, 0) is 73.1 Å². The van der Waals surface area contributed by atoms with E-state index in [0.717, 1.165) is 11.1 Å². The van der Waals surface area contributed by atoms with Crippen LogP contribution in [0.3, 0.4) is 0 Å². The molecule has 2 aliphatic heterocycles. The molecule has 0 unspecified atom stereocenters. The number of carbonyl (C=O) groups excluding carboxylic acids is 2. The Hall–Kier alpha value is -3.75. The molecule has 2 N–H and O–H groups in total. The highest BCUT2D eigenvalue weighted by molar-refractivity contribution is 6.31. The molecule has 2 aliphatic rings. The van der Waals surface area contributed by atoms with Crippen molar-refractivity contribution in [3.05, 3.63) is 135 Å². The maximum atomic E-state index is 16.6. The quantitative estimate of drug-likeness (QED) is 0.177. The van der Waals surface area contributed by atoms with Gasteiger partial charge >= 0.3 is 5.97 Å². The van der Waals surface area contributed by atoms with Gasteiger partial charge in [0.15, 0.2) is 0 Å². The van der Waals surface area contributed by atoms with Crippen LogP contribution >= 0.6 is 23.2 Å². The van der Waals surface area contributed by atoms with E-state index in [4.69, 9.17) is 27.9 Å². The molecular formula is C42H45Cl2FN2O4.